The van der Waals surface area contributed by atoms with Crippen molar-refractivity contribution in [3.05, 3.63) is 145 Å². The van der Waals surface area contributed by atoms with Crippen LogP contribution in [0.5, 0.6) is 0 Å². The number of fused-ring (bicyclic) bond motifs is 10. The number of para-hydroxylation sites is 3. The van der Waals surface area contributed by atoms with Crippen molar-refractivity contribution in [1.82, 2.24) is 9.13 Å². The lowest BCUT2D eigenvalue weighted by atomic mass is 9.81. The first-order valence-electron chi connectivity index (χ1n) is 14.4. The maximum Gasteiger partial charge on any atom is 0.0588 e. The normalized spacial score (nSPS) is 13.8. The molecule has 2 aromatic heterocycles. The van der Waals surface area contributed by atoms with Crippen molar-refractivity contribution >= 4 is 43.6 Å². The Kier molecular flexibility index (Phi) is 4.42. The van der Waals surface area contributed by atoms with Crippen LogP contribution in [-0.2, 0) is 5.41 Å². The maximum absolute atomic E-state index is 2.56. The summed E-state index contributed by atoms with van der Waals surface area (Å²) in [6, 6.07) is 48.9. The van der Waals surface area contributed by atoms with Crippen LogP contribution in [0.15, 0.2) is 133 Å². The Labute approximate surface area is 238 Å². The molecule has 0 radical (unpaired) electrons. The topological polar surface area (TPSA) is 9.86 Å². The van der Waals surface area contributed by atoms with E-state index in [0.29, 0.717) is 0 Å². The Balaban J connectivity index is 1.49. The molecule has 6 aromatic carbocycles. The summed E-state index contributed by atoms with van der Waals surface area (Å²) in [5.74, 6) is 0. The van der Waals surface area contributed by atoms with Crippen LogP contribution < -0.4 is 0 Å². The Morgan fingerprint density at radius 2 is 1.12 bits per heavy atom. The van der Waals surface area contributed by atoms with Gasteiger partial charge in [-0.3, -0.25) is 0 Å². The van der Waals surface area contributed by atoms with E-state index in [9.17, 15) is 0 Å². The molecule has 194 valence electrons. The predicted molar refractivity (Wildman–Crippen MR) is 173 cm³/mol. The maximum atomic E-state index is 2.56. The van der Waals surface area contributed by atoms with Gasteiger partial charge in [0.15, 0.2) is 0 Å². The van der Waals surface area contributed by atoms with E-state index in [1.807, 2.05) is 0 Å². The Hall–Kier alpha value is -5.08. The predicted octanol–water partition coefficient (Wildman–Crippen LogP) is 10.2. The van der Waals surface area contributed by atoms with Gasteiger partial charge in [0.1, 0.15) is 0 Å². The zero-order valence-corrected chi connectivity index (χ0v) is 23.1. The monoisotopic (exact) mass is 524 g/mol. The molecule has 0 bridgehead atoms. The minimum absolute atomic E-state index is 0.122. The number of rotatable bonds is 2. The minimum atomic E-state index is -0.122. The molecule has 0 aliphatic heterocycles. The highest BCUT2D eigenvalue weighted by Gasteiger charge is 2.38. The van der Waals surface area contributed by atoms with Crippen molar-refractivity contribution < 1.29 is 0 Å². The molecule has 0 spiro atoms. The molecule has 0 N–H and O–H groups in total. The van der Waals surface area contributed by atoms with Crippen molar-refractivity contribution in [1.29, 1.82) is 0 Å². The lowest BCUT2D eigenvalue weighted by molar-refractivity contribution is 0.664. The summed E-state index contributed by atoms with van der Waals surface area (Å²) in [5, 5.41) is 5.15. The second kappa shape index (κ2) is 7.99. The van der Waals surface area contributed by atoms with Crippen molar-refractivity contribution in [2.45, 2.75) is 19.3 Å². The van der Waals surface area contributed by atoms with Gasteiger partial charge >= 0.3 is 0 Å². The summed E-state index contributed by atoms with van der Waals surface area (Å²) >= 11 is 0. The highest BCUT2D eigenvalue weighted by atomic mass is 15.0. The molecule has 2 heteroatoms. The van der Waals surface area contributed by atoms with Gasteiger partial charge in [0.05, 0.1) is 27.8 Å². The molecule has 0 amide bonds. The second-order valence-electron chi connectivity index (χ2n) is 11.8. The Morgan fingerprint density at radius 3 is 1.95 bits per heavy atom. The highest BCUT2D eigenvalue weighted by Crippen LogP contribution is 2.53. The van der Waals surface area contributed by atoms with Crippen LogP contribution >= 0.6 is 0 Å². The van der Waals surface area contributed by atoms with Gasteiger partial charge in [-0.1, -0.05) is 111 Å². The van der Waals surface area contributed by atoms with Crippen molar-refractivity contribution in [3.63, 3.8) is 0 Å². The summed E-state index contributed by atoms with van der Waals surface area (Å²) in [6.45, 7) is 4.78. The van der Waals surface area contributed by atoms with Crippen LogP contribution in [0.3, 0.4) is 0 Å². The number of benzene rings is 6. The molecule has 0 unspecified atom stereocenters. The van der Waals surface area contributed by atoms with Gasteiger partial charge in [-0.05, 0) is 58.7 Å². The molecule has 0 saturated carbocycles. The first-order chi connectivity index (χ1) is 20.1. The zero-order valence-electron chi connectivity index (χ0n) is 23.1. The van der Waals surface area contributed by atoms with E-state index in [1.54, 1.807) is 0 Å². The van der Waals surface area contributed by atoms with Gasteiger partial charge < -0.3 is 9.13 Å². The van der Waals surface area contributed by atoms with E-state index >= 15 is 0 Å². The van der Waals surface area contributed by atoms with Crippen LogP contribution in [-0.4, -0.2) is 9.13 Å². The van der Waals surface area contributed by atoms with Crippen molar-refractivity contribution in [2.24, 2.45) is 0 Å². The fourth-order valence-electron chi connectivity index (χ4n) is 7.60. The standard InChI is InChI=1S/C39H28N2/c1-39(2)31-18-9-6-15-26(31)28-23-24-29-27-16-7-10-19-32(27)41(38(29)37(28)39)35-22-12-21-34-36(35)30-17-8-11-20-33(30)40(34)25-13-4-3-5-14-25/h3-24H,1-2H3. The fraction of sp³-hybridized carbons (Fsp3) is 0.0769. The number of aromatic nitrogens is 2. The molecule has 0 atom stereocenters. The lowest BCUT2D eigenvalue weighted by Crippen LogP contribution is -2.16. The van der Waals surface area contributed by atoms with Crippen molar-refractivity contribution in [2.75, 3.05) is 0 Å². The third-order valence-electron chi connectivity index (χ3n) is 9.28. The van der Waals surface area contributed by atoms with Gasteiger partial charge in [-0.25, -0.2) is 0 Å². The third-order valence-corrected chi connectivity index (χ3v) is 9.28. The molecule has 0 saturated heterocycles. The van der Waals surface area contributed by atoms with E-state index in [-0.39, 0.29) is 5.41 Å². The number of hydrogen-bond acceptors (Lipinski definition) is 0. The Morgan fingerprint density at radius 1 is 0.463 bits per heavy atom. The molecule has 8 aromatic rings. The lowest BCUT2D eigenvalue weighted by Gasteiger charge is -2.24. The van der Waals surface area contributed by atoms with Crippen LogP contribution in [0.4, 0.5) is 0 Å². The highest BCUT2D eigenvalue weighted by molar-refractivity contribution is 6.18. The molecule has 1 aliphatic carbocycles. The number of hydrogen-bond donors (Lipinski definition) is 0. The largest absolute Gasteiger partial charge is 0.309 e. The van der Waals surface area contributed by atoms with E-state index in [0.717, 1.165) is 0 Å². The summed E-state index contributed by atoms with van der Waals surface area (Å²) in [6.07, 6.45) is 0. The van der Waals surface area contributed by atoms with Crippen LogP contribution in [0.25, 0.3) is 66.1 Å². The molecule has 9 rings (SSSR count). The summed E-state index contributed by atoms with van der Waals surface area (Å²) in [5.41, 5.74) is 12.8. The molecule has 1 aliphatic rings. The zero-order chi connectivity index (χ0) is 27.3. The average Bonchev–Trinajstić information content (AvgIpc) is 3.61. The van der Waals surface area contributed by atoms with Crippen LogP contribution in [0.1, 0.15) is 25.0 Å². The van der Waals surface area contributed by atoms with Gasteiger partial charge in [0, 0.05) is 32.6 Å². The van der Waals surface area contributed by atoms with Gasteiger partial charge in [-0.2, -0.15) is 0 Å². The minimum Gasteiger partial charge on any atom is -0.309 e. The summed E-state index contributed by atoms with van der Waals surface area (Å²) in [4.78, 5) is 0. The molecule has 0 fully saturated rings. The van der Waals surface area contributed by atoms with Gasteiger partial charge in [-0.15, -0.1) is 0 Å². The first kappa shape index (κ1) is 22.7. The smallest absolute Gasteiger partial charge is 0.0588 e. The number of nitrogens with zero attached hydrogens (tertiary/aromatic N) is 2. The summed E-state index contributed by atoms with van der Waals surface area (Å²) in [7, 11) is 0. The molecular weight excluding hydrogens is 496 g/mol. The van der Waals surface area contributed by atoms with Gasteiger partial charge in [0.25, 0.3) is 0 Å². The van der Waals surface area contributed by atoms with Gasteiger partial charge in [0.2, 0.25) is 0 Å². The molecule has 2 nitrogen and oxygen atoms in total. The van der Waals surface area contributed by atoms with E-state index in [2.05, 4.69) is 156 Å². The molecule has 2 heterocycles. The molecular formula is C39H28N2. The fourth-order valence-corrected chi connectivity index (χ4v) is 7.60. The van der Waals surface area contributed by atoms with Crippen LogP contribution in [0.2, 0.25) is 0 Å². The van der Waals surface area contributed by atoms with E-state index in [4.69, 9.17) is 0 Å². The average molecular weight is 525 g/mol. The third kappa shape index (κ3) is 2.87. The second-order valence-corrected chi connectivity index (χ2v) is 11.8. The van der Waals surface area contributed by atoms with E-state index in [1.165, 1.54) is 77.2 Å². The quantitative estimate of drug-likeness (QED) is 0.213. The molecule has 41 heavy (non-hydrogen) atoms. The SMILES string of the molecule is CC1(C)c2ccccc2-c2ccc3c4ccccc4n(-c4cccc5c4c4ccccc4n5-c4ccccc4)c3c21. The summed E-state index contributed by atoms with van der Waals surface area (Å²) < 4.78 is 4.97. The van der Waals surface area contributed by atoms with Crippen molar-refractivity contribution in [3.8, 4) is 22.5 Å². The Bertz CT molecular complexity index is 2330. The van der Waals surface area contributed by atoms with Crippen LogP contribution in [0, 0.1) is 0 Å². The van der Waals surface area contributed by atoms with E-state index < -0.39 is 0 Å². The first-order valence-corrected chi connectivity index (χ1v) is 14.4.